The number of amides is 1. The Morgan fingerprint density at radius 3 is 2.57 bits per heavy atom. The van der Waals surface area contributed by atoms with Crippen LogP contribution in [0, 0.1) is 11.3 Å². The third-order valence-corrected chi connectivity index (χ3v) is 5.68. The van der Waals surface area contributed by atoms with E-state index in [0.717, 1.165) is 23.2 Å². The quantitative estimate of drug-likeness (QED) is 0.686. The normalized spacial score (nSPS) is 12.7. The van der Waals surface area contributed by atoms with Crippen LogP contribution in [0.25, 0.3) is 11.3 Å². The highest BCUT2D eigenvalue weighted by molar-refractivity contribution is 7.10. The first-order valence-corrected chi connectivity index (χ1v) is 9.51. The molecule has 140 valence electrons. The summed E-state index contributed by atoms with van der Waals surface area (Å²) in [6.45, 7) is 0.636. The number of aryl methyl sites for hydroxylation is 1. The summed E-state index contributed by atoms with van der Waals surface area (Å²) in [6.07, 6.45) is 0.747. The van der Waals surface area contributed by atoms with Crippen molar-refractivity contribution in [2.75, 3.05) is 14.2 Å². The molecule has 3 aromatic rings. The molecule has 6 nitrogen and oxygen atoms in total. The number of ether oxygens (including phenoxy) is 2. The maximum absolute atomic E-state index is 12.5. The summed E-state index contributed by atoms with van der Waals surface area (Å²) in [5, 5.41) is 9.68. The molecule has 1 aromatic heterocycles. The molecular weight excluding hydrogens is 374 g/mol. The standard InChI is InChI=1S/C21H17N3O3S/c1-26-16-10-14-8-9-24-19(15(14)11-17(16)27-2)18(12-22)28-21(24)23-20(25)13-6-4-3-5-7-13/h3-7,10-11H,8-9H2,1-2H3/b23-21-. The monoisotopic (exact) mass is 391 g/mol. The maximum atomic E-state index is 12.5. The second kappa shape index (κ2) is 7.33. The van der Waals surface area contributed by atoms with Crippen LogP contribution in [0.3, 0.4) is 0 Å². The van der Waals surface area contributed by atoms with Gasteiger partial charge in [0.15, 0.2) is 16.3 Å². The molecule has 0 saturated carbocycles. The number of hydrogen-bond donors (Lipinski definition) is 0. The highest BCUT2D eigenvalue weighted by atomic mass is 32.1. The number of aromatic nitrogens is 1. The van der Waals surface area contributed by atoms with Crippen LogP contribution in [0.4, 0.5) is 0 Å². The predicted octanol–water partition coefficient (Wildman–Crippen LogP) is 3.40. The summed E-state index contributed by atoms with van der Waals surface area (Å²) in [4.78, 5) is 17.9. The Morgan fingerprint density at radius 1 is 1.18 bits per heavy atom. The van der Waals surface area contributed by atoms with Crippen molar-refractivity contribution in [1.82, 2.24) is 4.57 Å². The molecule has 0 radical (unpaired) electrons. The molecule has 2 aromatic carbocycles. The topological polar surface area (TPSA) is 76.6 Å². The molecule has 1 aliphatic heterocycles. The fourth-order valence-electron chi connectivity index (χ4n) is 3.36. The number of carbonyl (C=O) groups excluding carboxylic acids is 1. The van der Waals surface area contributed by atoms with Crippen molar-refractivity contribution in [1.29, 1.82) is 5.26 Å². The summed E-state index contributed by atoms with van der Waals surface area (Å²) in [7, 11) is 3.18. The average molecular weight is 391 g/mol. The summed E-state index contributed by atoms with van der Waals surface area (Å²) in [5.41, 5.74) is 3.28. The minimum atomic E-state index is -0.320. The van der Waals surface area contributed by atoms with Crippen molar-refractivity contribution < 1.29 is 14.3 Å². The van der Waals surface area contributed by atoms with E-state index in [-0.39, 0.29) is 5.91 Å². The van der Waals surface area contributed by atoms with E-state index in [1.165, 1.54) is 11.3 Å². The molecule has 1 aliphatic rings. The number of fused-ring (bicyclic) bond motifs is 3. The highest BCUT2D eigenvalue weighted by Crippen LogP contribution is 2.40. The zero-order valence-electron chi connectivity index (χ0n) is 15.4. The van der Waals surface area contributed by atoms with Crippen LogP contribution in [-0.2, 0) is 13.0 Å². The molecule has 4 rings (SSSR count). The van der Waals surface area contributed by atoms with Crippen LogP contribution in [0.15, 0.2) is 47.5 Å². The van der Waals surface area contributed by atoms with Gasteiger partial charge in [-0.3, -0.25) is 4.79 Å². The van der Waals surface area contributed by atoms with E-state index in [1.807, 2.05) is 22.8 Å². The fraction of sp³-hybridized carbons (Fsp3) is 0.190. The van der Waals surface area contributed by atoms with E-state index < -0.39 is 0 Å². The minimum absolute atomic E-state index is 0.320. The number of rotatable bonds is 3. The number of methoxy groups -OCH3 is 2. The van der Waals surface area contributed by atoms with Crippen molar-refractivity contribution in [3.05, 3.63) is 63.3 Å². The van der Waals surface area contributed by atoms with E-state index in [9.17, 15) is 10.1 Å². The van der Waals surface area contributed by atoms with Gasteiger partial charge in [0, 0.05) is 17.7 Å². The van der Waals surface area contributed by atoms with Gasteiger partial charge in [-0.05, 0) is 36.2 Å². The molecule has 7 heteroatoms. The molecule has 0 N–H and O–H groups in total. The smallest absolute Gasteiger partial charge is 0.279 e. The second-order valence-electron chi connectivity index (χ2n) is 6.22. The molecule has 0 spiro atoms. The minimum Gasteiger partial charge on any atom is -0.493 e. The molecule has 2 heterocycles. The van der Waals surface area contributed by atoms with Gasteiger partial charge in [-0.25, -0.2) is 0 Å². The lowest BCUT2D eigenvalue weighted by molar-refractivity contribution is 0.0997. The van der Waals surface area contributed by atoms with Crippen molar-refractivity contribution in [2.24, 2.45) is 4.99 Å². The Bertz CT molecular complexity index is 1170. The lowest BCUT2D eigenvalue weighted by Crippen LogP contribution is -2.22. The maximum Gasteiger partial charge on any atom is 0.279 e. The van der Waals surface area contributed by atoms with E-state index in [2.05, 4.69) is 11.1 Å². The van der Waals surface area contributed by atoms with Gasteiger partial charge in [0.25, 0.3) is 5.91 Å². The van der Waals surface area contributed by atoms with Gasteiger partial charge < -0.3 is 14.0 Å². The summed E-state index contributed by atoms with van der Waals surface area (Å²) >= 11 is 1.23. The zero-order valence-corrected chi connectivity index (χ0v) is 16.2. The Balaban J connectivity index is 1.89. The first kappa shape index (κ1) is 18.0. The van der Waals surface area contributed by atoms with Gasteiger partial charge in [-0.1, -0.05) is 29.5 Å². The van der Waals surface area contributed by atoms with Crippen molar-refractivity contribution in [2.45, 2.75) is 13.0 Å². The van der Waals surface area contributed by atoms with Crippen molar-refractivity contribution in [3.8, 4) is 28.8 Å². The molecule has 0 aliphatic carbocycles. The Labute approximate surface area is 165 Å². The Hall–Kier alpha value is -3.37. The van der Waals surface area contributed by atoms with Gasteiger partial charge in [0.05, 0.1) is 19.9 Å². The molecule has 0 unspecified atom stereocenters. The molecular formula is C21H17N3O3S. The van der Waals surface area contributed by atoms with Crippen LogP contribution in [0.1, 0.15) is 20.8 Å². The van der Waals surface area contributed by atoms with E-state index >= 15 is 0 Å². The first-order chi connectivity index (χ1) is 13.7. The predicted molar refractivity (Wildman–Crippen MR) is 106 cm³/mol. The lowest BCUT2D eigenvalue weighted by atomic mass is 9.96. The van der Waals surface area contributed by atoms with E-state index in [4.69, 9.17) is 9.47 Å². The zero-order chi connectivity index (χ0) is 19.7. The molecule has 0 saturated heterocycles. The van der Waals surface area contributed by atoms with Gasteiger partial charge in [-0.15, -0.1) is 0 Å². The van der Waals surface area contributed by atoms with Gasteiger partial charge in [0.1, 0.15) is 10.9 Å². The van der Waals surface area contributed by atoms with E-state index in [1.54, 1.807) is 38.5 Å². The van der Waals surface area contributed by atoms with Gasteiger partial charge in [-0.2, -0.15) is 10.3 Å². The van der Waals surface area contributed by atoms with Crippen LogP contribution in [0.2, 0.25) is 0 Å². The molecule has 0 fully saturated rings. The third kappa shape index (κ3) is 2.98. The van der Waals surface area contributed by atoms with Crippen LogP contribution >= 0.6 is 11.3 Å². The summed E-state index contributed by atoms with van der Waals surface area (Å²) in [6, 6.07) is 15.0. The number of nitrogens with zero attached hydrogens (tertiary/aromatic N) is 3. The summed E-state index contributed by atoms with van der Waals surface area (Å²) in [5.74, 6) is 0.941. The number of thiazole rings is 1. The average Bonchev–Trinajstić information content (AvgIpc) is 3.11. The van der Waals surface area contributed by atoms with Crippen molar-refractivity contribution in [3.63, 3.8) is 0 Å². The van der Waals surface area contributed by atoms with Gasteiger partial charge in [0.2, 0.25) is 0 Å². The lowest BCUT2D eigenvalue weighted by Gasteiger charge is -2.21. The molecule has 0 bridgehead atoms. The SMILES string of the molecule is COc1cc2c(cc1OC)-c1c(C#N)s/c(=N\C(=O)c3ccccc3)n1CC2. The largest absolute Gasteiger partial charge is 0.493 e. The van der Waals surface area contributed by atoms with Crippen LogP contribution < -0.4 is 14.3 Å². The van der Waals surface area contributed by atoms with Gasteiger partial charge >= 0.3 is 0 Å². The molecule has 28 heavy (non-hydrogen) atoms. The number of carbonyl (C=O) groups is 1. The Morgan fingerprint density at radius 2 is 1.89 bits per heavy atom. The first-order valence-electron chi connectivity index (χ1n) is 8.69. The van der Waals surface area contributed by atoms with Crippen molar-refractivity contribution >= 4 is 17.2 Å². The highest BCUT2D eigenvalue weighted by Gasteiger charge is 2.25. The number of nitriles is 1. The molecule has 0 atom stereocenters. The summed E-state index contributed by atoms with van der Waals surface area (Å²) < 4.78 is 12.8. The Kier molecular flexibility index (Phi) is 4.72. The third-order valence-electron chi connectivity index (χ3n) is 4.70. The molecule has 1 amide bonds. The van der Waals surface area contributed by atoms with Crippen LogP contribution in [0.5, 0.6) is 11.5 Å². The second-order valence-corrected chi connectivity index (χ2v) is 7.20. The number of benzene rings is 2. The van der Waals surface area contributed by atoms with E-state index in [0.29, 0.717) is 33.3 Å². The number of hydrogen-bond acceptors (Lipinski definition) is 5. The van der Waals surface area contributed by atoms with Crippen LogP contribution in [-0.4, -0.2) is 24.7 Å². The fourth-order valence-corrected chi connectivity index (χ4v) is 4.33.